The minimum absolute atomic E-state index is 0.0397. The summed E-state index contributed by atoms with van der Waals surface area (Å²) in [4.78, 5) is 11.1. The molecule has 0 bridgehead atoms. The summed E-state index contributed by atoms with van der Waals surface area (Å²) >= 11 is 0. The molecule has 0 saturated carbocycles. The minimum atomic E-state index is -3.74. The molecule has 1 aliphatic heterocycles. The third-order valence-electron chi connectivity index (χ3n) is 3.58. The third-order valence-corrected chi connectivity index (χ3v) is 5.53. The molecular formula is C16H18O6S. The zero-order valence-electron chi connectivity index (χ0n) is 12.7. The van der Waals surface area contributed by atoms with Gasteiger partial charge in [0.1, 0.15) is 12.4 Å². The summed E-state index contributed by atoms with van der Waals surface area (Å²) < 4.78 is 35.7. The largest absolute Gasteiger partial charge is 0.481 e. The van der Waals surface area contributed by atoms with E-state index in [2.05, 4.69) is 11.8 Å². The summed E-state index contributed by atoms with van der Waals surface area (Å²) in [6.45, 7) is 2.06. The van der Waals surface area contributed by atoms with Crippen LogP contribution in [0.25, 0.3) is 0 Å². The molecule has 1 aromatic rings. The molecule has 23 heavy (non-hydrogen) atoms. The van der Waals surface area contributed by atoms with E-state index in [1.807, 2.05) is 0 Å². The van der Waals surface area contributed by atoms with Crippen LogP contribution < -0.4 is 4.74 Å². The molecule has 1 saturated heterocycles. The van der Waals surface area contributed by atoms with Crippen LogP contribution in [-0.4, -0.2) is 38.1 Å². The van der Waals surface area contributed by atoms with Gasteiger partial charge in [-0.25, -0.2) is 8.42 Å². The van der Waals surface area contributed by atoms with Crippen LogP contribution in [0.1, 0.15) is 19.8 Å². The number of sulfone groups is 1. The van der Waals surface area contributed by atoms with Crippen LogP contribution >= 0.6 is 0 Å². The Morgan fingerprint density at radius 3 is 2.70 bits per heavy atom. The van der Waals surface area contributed by atoms with Gasteiger partial charge in [-0.2, -0.15) is 0 Å². The van der Waals surface area contributed by atoms with Gasteiger partial charge in [0.25, 0.3) is 0 Å². The average molecular weight is 338 g/mol. The average Bonchev–Trinajstić information content (AvgIpc) is 2.55. The van der Waals surface area contributed by atoms with Crippen LogP contribution in [0, 0.1) is 17.8 Å². The Labute approximate surface area is 135 Å². The number of benzene rings is 1. The number of carbonyl (C=O) groups is 1. The molecule has 1 heterocycles. The molecule has 1 N–H and O–H groups in total. The van der Waals surface area contributed by atoms with Crippen LogP contribution in [0.5, 0.6) is 5.75 Å². The number of hydrogen-bond donors (Lipinski definition) is 1. The molecule has 0 amide bonds. The van der Waals surface area contributed by atoms with Crippen molar-refractivity contribution in [2.24, 2.45) is 5.92 Å². The van der Waals surface area contributed by atoms with Crippen molar-refractivity contribution in [1.82, 2.24) is 0 Å². The molecule has 2 atom stereocenters. The summed E-state index contributed by atoms with van der Waals surface area (Å²) in [7, 11) is -3.74. The molecule has 0 spiro atoms. The number of hydrogen-bond acceptors (Lipinski definition) is 5. The first-order valence-corrected chi connectivity index (χ1v) is 8.70. The van der Waals surface area contributed by atoms with E-state index in [1.54, 1.807) is 19.1 Å². The number of carboxylic acids is 1. The van der Waals surface area contributed by atoms with Crippen LogP contribution in [0.4, 0.5) is 0 Å². The van der Waals surface area contributed by atoms with Gasteiger partial charge >= 0.3 is 5.97 Å². The first-order chi connectivity index (χ1) is 10.9. The molecular weight excluding hydrogens is 320 g/mol. The van der Waals surface area contributed by atoms with E-state index in [9.17, 15) is 13.2 Å². The second-order valence-electron chi connectivity index (χ2n) is 5.09. The molecule has 2 unspecified atom stereocenters. The molecule has 0 radical (unpaired) electrons. The summed E-state index contributed by atoms with van der Waals surface area (Å²) in [5.41, 5.74) is -1.13. The van der Waals surface area contributed by atoms with E-state index in [1.165, 1.54) is 12.1 Å². The number of carboxylic acid groups (broad SMARTS) is 1. The molecule has 0 aliphatic carbocycles. The maximum atomic E-state index is 12.5. The predicted molar refractivity (Wildman–Crippen MR) is 82.7 cm³/mol. The smallest absolute Gasteiger partial charge is 0.306 e. The van der Waals surface area contributed by atoms with Crippen LogP contribution in [0.2, 0.25) is 0 Å². The van der Waals surface area contributed by atoms with Crippen molar-refractivity contribution in [1.29, 1.82) is 0 Å². The molecule has 1 aliphatic rings. The zero-order chi connectivity index (χ0) is 16.9. The Hall–Kier alpha value is -2.04. The molecule has 1 aromatic carbocycles. The lowest BCUT2D eigenvalue weighted by molar-refractivity contribution is -0.145. The second kappa shape index (κ2) is 7.49. The summed E-state index contributed by atoms with van der Waals surface area (Å²) in [6.07, 6.45) is 0.286. The maximum absolute atomic E-state index is 12.5. The lowest BCUT2D eigenvalue weighted by atomic mass is 10.0. The molecule has 1 fully saturated rings. The number of ether oxygens (including phenoxy) is 2. The van der Waals surface area contributed by atoms with Gasteiger partial charge in [-0.05, 0) is 37.6 Å². The molecule has 6 nitrogen and oxygen atoms in total. The Morgan fingerprint density at radius 2 is 2.09 bits per heavy atom. The number of aliphatic carboxylic acids is 1. The lowest BCUT2D eigenvalue weighted by Crippen LogP contribution is -2.35. The quantitative estimate of drug-likeness (QED) is 0.822. The van der Waals surface area contributed by atoms with E-state index < -0.39 is 27.2 Å². The fourth-order valence-electron chi connectivity index (χ4n) is 2.27. The van der Waals surface area contributed by atoms with E-state index in [4.69, 9.17) is 14.6 Å². The fourth-order valence-corrected chi connectivity index (χ4v) is 3.85. The van der Waals surface area contributed by atoms with E-state index in [0.29, 0.717) is 12.2 Å². The van der Waals surface area contributed by atoms with Crippen molar-refractivity contribution >= 4 is 15.8 Å². The highest BCUT2D eigenvalue weighted by molar-refractivity contribution is 7.91. The SMILES string of the molecule is CC#CCOc1ccc(S(=O)(=O)C2CC(C(=O)O)CCO2)cc1. The van der Waals surface area contributed by atoms with Crippen LogP contribution in [-0.2, 0) is 19.4 Å². The summed E-state index contributed by atoms with van der Waals surface area (Å²) in [5, 5.41) is 9.05. The van der Waals surface area contributed by atoms with E-state index >= 15 is 0 Å². The Kier molecular flexibility index (Phi) is 5.64. The standard InChI is InChI=1S/C16H18O6S/c1-2-3-9-21-13-4-6-14(7-5-13)23(19,20)15-11-12(16(17)18)8-10-22-15/h4-7,12,15H,8-11H2,1H3,(H,17,18). The van der Waals surface area contributed by atoms with Crippen LogP contribution in [0.15, 0.2) is 29.2 Å². The van der Waals surface area contributed by atoms with E-state index in [-0.39, 0.29) is 24.5 Å². The van der Waals surface area contributed by atoms with E-state index in [0.717, 1.165) is 0 Å². The highest BCUT2D eigenvalue weighted by Crippen LogP contribution is 2.29. The van der Waals surface area contributed by atoms with Gasteiger partial charge < -0.3 is 14.6 Å². The summed E-state index contributed by atoms with van der Waals surface area (Å²) in [6, 6.07) is 5.94. The minimum Gasteiger partial charge on any atom is -0.481 e. The van der Waals surface area contributed by atoms with Crippen molar-refractivity contribution in [2.75, 3.05) is 13.2 Å². The van der Waals surface area contributed by atoms with Crippen molar-refractivity contribution in [2.45, 2.75) is 30.1 Å². The number of rotatable bonds is 5. The van der Waals surface area contributed by atoms with Crippen molar-refractivity contribution in [3.63, 3.8) is 0 Å². The van der Waals surface area contributed by atoms with Crippen molar-refractivity contribution in [3.05, 3.63) is 24.3 Å². The van der Waals surface area contributed by atoms with Crippen molar-refractivity contribution < 1.29 is 27.8 Å². The highest BCUT2D eigenvalue weighted by atomic mass is 32.2. The first kappa shape index (κ1) is 17.3. The first-order valence-electron chi connectivity index (χ1n) is 7.16. The highest BCUT2D eigenvalue weighted by Gasteiger charge is 2.36. The second-order valence-corrected chi connectivity index (χ2v) is 7.18. The predicted octanol–water partition coefficient (Wildman–Crippen LogP) is 1.70. The molecule has 7 heteroatoms. The summed E-state index contributed by atoms with van der Waals surface area (Å²) in [5.74, 6) is 4.26. The Morgan fingerprint density at radius 1 is 1.39 bits per heavy atom. The lowest BCUT2D eigenvalue weighted by Gasteiger charge is -2.26. The fraction of sp³-hybridized carbons (Fsp3) is 0.438. The molecule has 2 rings (SSSR count). The van der Waals surface area contributed by atoms with Gasteiger partial charge in [0.05, 0.1) is 10.8 Å². The van der Waals surface area contributed by atoms with Gasteiger partial charge in [-0.15, -0.1) is 5.92 Å². The monoisotopic (exact) mass is 338 g/mol. The van der Waals surface area contributed by atoms with Crippen molar-refractivity contribution in [3.8, 4) is 17.6 Å². The topological polar surface area (TPSA) is 89.9 Å². The van der Waals surface area contributed by atoms with Crippen LogP contribution in [0.3, 0.4) is 0 Å². The Balaban J connectivity index is 2.12. The molecule has 124 valence electrons. The third kappa shape index (κ3) is 4.24. The van der Waals surface area contributed by atoms with Gasteiger partial charge in [-0.1, -0.05) is 5.92 Å². The molecule has 0 aromatic heterocycles. The van der Waals surface area contributed by atoms with Gasteiger partial charge in [0.15, 0.2) is 5.44 Å². The maximum Gasteiger partial charge on any atom is 0.306 e. The van der Waals surface area contributed by atoms with Gasteiger partial charge in [0.2, 0.25) is 9.84 Å². The Bertz CT molecular complexity index is 711. The van der Waals surface area contributed by atoms with Gasteiger partial charge in [0, 0.05) is 13.0 Å². The normalized spacial score (nSPS) is 21.1. The zero-order valence-corrected chi connectivity index (χ0v) is 13.5. The van der Waals surface area contributed by atoms with Gasteiger partial charge in [-0.3, -0.25) is 4.79 Å².